The molecule has 0 N–H and O–H groups in total. The maximum atomic E-state index is 2.44. The van der Waals surface area contributed by atoms with Crippen LogP contribution in [0.5, 0.6) is 0 Å². The van der Waals surface area contributed by atoms with Gasteiger partial charge >= 0.3 is 0 Å². The van der Waals surface area contributed by atoms with Gasteiger partial charge in [0, 0.05) is 32.9 Å². The Morgan fingerprint density at radius 2 is 0.721 bits per heavy atom. The van der Waals surface area contributed by atoms with Crippen LogP contribution in [0.3, 0.4) is 0 Å². The van der Waals surface area contributed by atoms with Crippen LogP contribution in [0.1, 0.15) is 27.8 Å². The molecule has 0 fully saturated rings. The summed E-state index contributed by atoms with van der Waals surface area (Å²) in [7, 11) is 0. The minimum Gasteiger partial charge on any atom is -0.309 e. The first-order valence-corrected chi connectivity index (χ1v) is 15.1. The van der Waals surface area contributed by atoms with Crippen molar-refractivity contribution in [2.24, 2.45) is 0 Å². The fourth-order valence-electron chi connectivity index (χ4n) is 7.61. The maximum Gasteiger partial charge on any atom is 0.0543 e. The molecule has 2 heterocycles. The monoisotopic (exact) mass is 554 g/mol. The summed E-state index contributed by atoms with van der Waals surface area (Å²) < 4.78 is 4.86. The van der Waals surface area contributed by atoms with Crippen LogP contribution in [0.25, 0.3) is 66.1 Å². The number of para-hydroxylation sites is 3. The van der Waals surface area contributed by atoms with Crippen molar-refractivity contribution in [1.82, 2.24) is 9.13 Å². The largest absolute Gasteiger partial charge is 0.309 e. The highest BCUT2D eigenvalue weighted by molar-refractivity contribution is 6.11. The van der Waals surface area contributed by atoms with Crippen molar-refractivity contribution in [3.8, 4) is 22.5 Å². The van der Waals surface area contributed by atoms with E-state index in [1.807, 2.05) is 0 Å². The normalized spacial score (nSPS) is 11.8. The van der Waals surface area contributed by atoms with Crippen molar-refractivity contribution < 1.29 is 0 Å². The van der Waals surface area contributed by atoms with E-state index < -0.39 is 0 Å². The number of rotatable bonds is 3. The molecule has 0 radical (unpaired) electrons. The van der Waals surface area contributed by atoms with Crippen molar-refractivity contribution in [3.05, 3.63) is 143 Å². The number of fused-ring (bicyclic) bond motifs is 6. The molecule has 8 rings (SSSR count). The van der Waals surface area contributed by atoms with Crippen molar-refractivity contribution in [2.75, 3.05) is 0 Å². The first-order chi connectivity index (χ1) is 20.9. The molecule has 0 unspecified atom stereocenters. The Labute approximate surface area is 252 Å². The molecule has 43 heavy (non-hydrogen) atoms. The number of aryl methyl sites for hydroxylation is 5. The number of aromatic nitrogens is 2. The molecule has 2 nitrogen and oxygen atoms in total. The minimum atomic E-state index is 1.21. The maximum absolute atomic E-state index is 2.44. The summed E-state index contributed by atoms with van der Waals surface area (Å²) in [5, 5.41) is 5.23. The number of benzene rings is 6. The molecular weight excluding hydrogens is 520 g/mol. The zero-order chi connectivity index (χ0) is 29.4. The molecule has 0 aliphatic heterocycles. The van der Waals surface area contributed by atoms with E-state index >= 15 is 0 Å². The fourth-order valence-corrected chi connectivity index (χ4v) is 7.61. The van der Waals surface area contributed by atoms with Gasteiger partial charge in [-0.2, -0.15) is 0 Å². The van der Waals surface area contributed by atoms with Crippen LogP contribution in [0.15, 0.2) is 115 Å². The van der Waals surface area contributed by atoms with E-state index in [4.69, 9.17) is 0 Å². The van der Waals surface area contributed by atoms with E-state index in [1.165, 1.54) is 93.9 Å². The van der Waals surface area contributed by atoms with Gasteiger partial charge in [-0.1, -0.05) is 66.7 Å². The van der Waals surface area contributed by atoms with E-state index in [-0.39, 0.29) is 0 Å². The van der Waals surface area contributed by atoms with Crippen molar-refractivity contribution in [3.63, 3.8) is 0 Å². The molecule has 2 heteroatoms. The lowest BCUT2D eigenvalue weighted by molar-refractivity contribution is 1.15. The molecule has 0 aliphatic rings. The average molecular weight is 555 g/mol. The topological polar surface area (TPSA) is 9.86 Å². The fraction of sp³-hybridized carbons (Fsp3) is 0.122. The van der Waals surface area contributed by atoms with Crippen LogP contribution in [0.4, 0.5) is 0 Å². The second-order valence-electron chi connectivity index (χ2n) is 12.1. The first-order valence-electron chi connectivity index (χ1n) is 15.1. The van der Waals surface area contributed by atoms with Gasteiger partial charge in [-0.15, -0.1) is 0 Å². The Hall–Kier alpha value is -5.08. The van der Waals surface area contributed by atoms with E-state index in [9.17, 15) is 0 Å². The average Bonchev–Trinajstić information content (AvgIpc) is 3.52. The molecule has 208 valence electrons. The predicted molar refractivity (Wildman–Crippen MR) is 184 cm³/mol. The molecule has 0 aliphatic carbocycles. The molecule has 0 saturated carbocycles. The lowest BCUT2D eigenvalue weighted by atomic mass is 9.88. The first kappa shape index (κ1) is 25.6. The van der Waals surface area contributed by atoms with E-state index in [2.05, 4.69) is 159 Å². The van der Waals surface area contributed by atoms with Gasteiger partial charge in [0.25, 0.3) is 0 Å². The van der Waals surface area contributed by atoms with Crippen LogP contribution < -0.4 is 0 Å². The third-order valence-corrected chi connectivity index (χ3v) is 9.29. The smallest absolute Gasteiger partial charge is 0.0543 e. The quantitative estimate of drug-likeness (QED) is 0.206. The summed E-state index contributed by atoms with van der Waals surface area (Å²) in [4.78, 5) is 0. The standard InChI is InChI=1S/C41H34N2/c1-25-13-12-20-38-41(25)34-16-8-11-19-37(34)43(38)31-23-28(4)40(29(5)24-31)39-26(2)21-30(22-27(39)3)42-35-17-9-6-14-32(35)33-15-7-10-18-36(33)42/h6-24H,1-5H3. The minimum absolute atomic E-state index is 1.21. The molecule has 0 atom stereocenters. The Kier molecular flexibility index (Phi) is 5.64. The van der Waals surface area contributed by atoms with Gasteiger partial charge in [0.05, 0.1) is 22.1 Å². The van der Waals surface area contributed by atoms with Gasteiger partial charge in [0.15, 0.2) is 0 Å². The Bertz CT molecular complexity index is 2300. The SMILES string of the molecule is Cc1cc(-n2c3ccccc3c3ccccc32)cc(C)c1-c1c(C)cc(-n2c3ccccc3c3c(C)cccc32)cc1C. The number of nitrogens with zero attached hydrogens (tertiary/aromatic N) is 2. The number of hydrogen-bond acceptors (Lipinski definition) is 0. The second kappa shape index (κ2) is 9.47. The van der Waals surface area contributed by atoms with E-state index in [0.29, 0.717) is 0 Å². The summed E-state index contributed by atoms with van der Waals surface area (Å²) in [5.41, 5.74) is 16.6. The van der Waals surface area contributed by atoms with E-state index in [0.717, 1.165) is 0 Å². The summed E-state index contributed by atoms with van der Waals surface area (Å²) in [5.74, 6) is 0. The van der Waals surface area contributed by atoms with Gasteiger partial charge in [0.1, 0.15) is 0 Å². The lowest BCUT2D eigenvalue weighted by Gasteiger charge is -2.20. The molecule has 6 aromatic carbocycles. The van der Waals surface area contributed by atoms with Crippen LogP contribution in [-0.2, 0) is 0 Å². The Morgan fingerprint density at radius 3 is 1.21 bits per heavy atom. The zero-order valence-electron chi connectivity index (χ0n) is 25.4. The molecule has 8 aromatic rings. The third kappa shape index (κ3) is 3.73. The van der Waals surface area contributed by atoms with E-state index in [1.54, 1.807) is 0 Å². The summed E-state index contributed by atoms with van der Waals surface area (Å²) >= 11 is 0. The molecule has 0 saturated heterocycles. The van der Waals surface area contributed by atoms with Crippen LogP contribution in [0, 0.1) is 34.6 Å². The Morgan fingerprint density at radius 1 is 0.349 bits per heavy atom. The van der Waals surface area contributed by atoms with Crippen molar-refractivity contribution in [1.29, 1.82) is 0 Å². The molecule has 2 aromatic heterocycles. The van der Waals surface area contributed by atoms with Crippen LogP contribution >= 0.6 is 0 Å². The highest BCUT2D eigenvalue weighted by Gasteiger charge is 2.19. The Balaban J connectivity index is 1.31. The highest BCUT2D eigenvalue weighted by Crippen LogP contribution is 2.40. The zero-order valence-corrected chi connectivity index (χ0v) is 25.4. The van der Waals surface area contributed by atoms with Gasteiger partial charge in [-0.3, -0.25) is 0 Å². The van der Waals surface area contributed by atoms with Crippen molar-refractivity contribution >= 4 is 43.6 Å². The van der Waals surface area contributed by atoms with Gasteiger partial charge in [-0.05, 0) is 122 Å². The third-order valence-electron chi connectivity index (χ3n) is 9.29. The molecule has 0 bridgehead atoms. The number of hydrogen-bond donors (Lipinski definition) is 0. The highest BCUT2D eigenvalue weighted by atomic mass is 15.0. The van der Waals surface area contributed by atoms with Gasteiger partial charge in [-0.25, -0.2) is 0 Å². The summed E-state index contributed by atoms with van der Waals surface area (Å²) in [6, 6.07) is 42.4. The summed E-state index contributed by atoms with van der Waals surface area (Å²) in [6.07, 6.45) is 0. The van der Waals surface area contributed by atoms with Gasteiger partial charge in [0.2, 0.25) is 0 Å². The van der Waals surface area contributed by atoms with Crippen LogP contribution in [-0.4, -0.2) is 9.13 Å². The predicted octanol–water partition coefficient (Wildman–Crippen LogP) is 11.1. The van der Waals surface area contributed by atoms with Gasteiger partial charge < -0.3 is 9.13 Å². The molecule has 0 amide bonds. The van der Waals surface area contributed by atoms with Crippen LogP contribution in [0.2, 0.25) is 0 Å². The molecular formula is C41H34N2. The van der Waals surface area contributed by atoms with Crippen molar-refractivity contribution in [2.45, 2.75) is 34.6 Å². The lowest BCUT2D eigenvalue weighted by Crippen LogP contribution is -2.02. The summed E-state index contributed by atoms with van der Waals surface area (Å²) in [6.45, 7) is 11.3. The molecule has 0 spiro atoms. The second-order valence-corrected chi connectivity index (χ2v) is 12.1.